The third kappa shape index (κ3) is 0.944. The zero-order chi connectivity index (χ0) is 6.97. The lowest BCUT2D eigenvalue weighted by Crippen LogP contribution is -2.43. The molecule has 2 aliphatic rings. The predicted octanol–water partition coefficient (Wildman–Crippen LogP) is -0.665. The Labute approximate surface area is 61.1 Å². The number of hydrogen-bond acceptors (Lipinski definition) is 3. The predicted molar refractivity (Wildman–Crippen MR) is 39.0 cm³/mol. The van der Waals surface area contributed by atoms with Gasteiger partial charge in [-0.2, -0.15) is 0 Å². The van der Waals surface area contributed by atoms with Gasteiger partial charge in [-0.1, -0.05) is 0 Å². The average Bonchev–Trinajstić information content (AvgIpc) is 2.26. The van der Waals surface area contributed by atoms with E-state index in [1.165, 1.54) is 6.42 Å². The van der Waals surface area contributed by atoms with E-state index >= 15 is 0 Å². The molecule has 2 heterocycles. The summed E-state index contributed by atoms with van der Waals surface area (Å²) < 4.78 is 5.68. The van der Waals surface area contributed by atoms with Gasteiger partial charge in [-0.05, 0) is 13.5 Å². The summed E-state index contributed by atoms with van der Waals surface area (Å²) in [5.74, 6) is 0. The van der Waals surface area contributed by atoms with Gasteiger partial charge in [0.05, 0.1) is 12.2 Å². The molecular weight excluding hydrogens is 128 g/mol. The van der Waals surface area contributed by atoms with E-state index in [-0.39, 0.29) is 0 Å². The quantitative estimate of drug-likeness (QED) is 0.509. The first-order valence-electron chi connectivity index (χ1n) is 3.93. The van der Waals surface area contributed by atoms with Gasteiger partial charge in [0.1, 0.15) is 0 Å². The number of nitrogens with one attached hydrogen (secondary N) is 2. The van der Waals surface area contributed by atoms with Crippen LogP contribution < -0.4 is 10.6 Å². The van der Waals surface area contributed by atoms with Crippen molar-refractivity contribution in [3.8, 4) is 0 Å². The fraction of sp³-hybridized carbons (Fsp3) is 1.00. The molecule has 2 saturated heterocycles. The molecule has 0 spiro atoms. The van der Waals surface area contributed by atoms with Gasteiger partial charge in [-0.3, -0.25) is 0 Å². The summed E-state index contributed by atoms with van der Waals surface area (Å²) >= 11 is 0. The minimum absolute atomic E-state index is 0.420. The molecule has 2 rings (SSSR count). The Morgan fingerprint density at radius 1 is 1.50 bits per heavy atom. The molecule has 3 unspecified atom stereocenters. The van der Waals surface area contributed by atoms with Gasteiger partial charge < -0.3 is 15.4 Å². The summed E-state index contributed by atoms with van der Waals surface area (Å²) in [4.78, 5) is 0. The van der Waals surface area contributed by atoms with Gasteiger partial charge in [0.2, 0.25) is 0 Å². The molecule has 2 N–H and O–H groups in total. The van der Waals surface area contributed by atoms with E-state index in [4.69, 9.17) is 4.74 Å². The van der Waals surface area contributed by atoms with Crippen molar-refractivity contribution in [3.05, 3.63) is 0 Å². The molecule has 10 heavy (non-hydrogen) atoms. The summed E-state index contributed by atoms with van der Waals surface area (Å²) in [5.41, 5.74) is 0. The van der Waals surface area contributed by atoms with Crippen LogP contribution in [0.1, 0.15) is 6.42 Å². The minimum atomic E-state index is 0.420. The Hall–Kier alpha value is -0.120. The van der Waals surface area contributed by atoms with E-state index in [9.17, 15) is 0 Å². The number of fused-ring (bicyclic) bond motifs is 2. The molecule has 3 nitrogen and oxygen atoms in total. The van der Waals surface area contributed by atoms with Gasteiger partial charge in [-0.15, -0.1) is 0 Å². The number of morpholine rings is 1. The average molecular weight is 142 g/mol. The molecule has 0 aromatic heterocycles. The smallest absolute Gasteiger partial charge is 0.0857 e. The second-order valence-electron chi connectivity index (χ2n) is 3.09. The fourth-order valence-corrected chi connectivity index (χ4v) is 1.84. The summed E-state index contributed by atoms with van der Waals surface area (Å²) in [6.07, 6.45) is 2.06. The lowest BCUT2D eigenvalue weighted by molar-refractivity contribution is 0.0132. The highest BCUT2D eigenvalue weighted by Gasteiger charge is 2.36. The number of rotatable bonds is 1. The molecule has 2 aliphatic heterocycles. The minimum Gasteiger partial charge on any atom is -0.371 e. The SMILES string of the molecule is CNC1CC2CNCC1O2. The van der Waals surface area contributed by atoms with Crippen LogP contribution in [0.25, 0.3) is 0 Å². The molecule has 2 fully saturated rings. The topological polar surface area (TPSA) is 33.3 Å². The Morgan fingerprint density at radius 3 is 3.10 bits per heavy atom. The molecule has 0 aromatic rings. The molecule has 0 saturated carbocycles. The first-order chi connectivity index (χ1) is 4.90. The highest BCUT2D eigenvalue weighted by molar-refractivity contribution is 4.92. The second kappa shape index (κ2) is 2.49. The van der Waals surface area contributed by atoms with Crippen molar-refractivity contribution in [1.82, 2.24) is 10.6 Å². The van der Waals surface area contributed by atoms with Gasteiger partial charge in [0.15, 0.2) is 0 Å². The van der Waals surface area contributed by atoms with Crippen molar-refractivity contribution in [2.45, 2.75) is 24.7 Å². The Bertz CT molecular complexity index is 129. The third-order valence-corrected chi connectivity index (χ3v) is 2.42. The lowest BCUT2D eigenvalue weighted by atomic mass is 10.1. The van der Waals surface area contributed by atoms with Crippen molar-refractivity contribution < 1.29 is 4.74 Å². The third-order valence-electron chi connectivity index (χ3n) is 2.42. The van der Waals surface area contributed by atoms with Crippen molar-refractivity contribution >= 4 is 0 Å². The molecule has 0 amide bonds. The van der Waals surface area contributed by atoms with Crippen molar-refractivity contribution in [2.24, 2.45) is 0 Å². The van der Waals surface area contributed by atoms with E-state index < -0.39 is 0 Å². The number of hydrogen-bond donors (Lipinski definition) is 2. The summed E-state index contributed by atoms with van der Waals surface area (Å²) in [7, 11) is 2.01. The van der Waals surface area contributed by atoms with E-state index in [1.807, 2.05) is 7.05 Å². The number of likely N-dealkylation sites (N-methyl/N-ethyl adjacent to an activating group) is 1. The fourth-order valence-electron chi connectivity index (χ4n) is 1.84. The molecular formula is C7H14N2O. The molecule has 2 bridgehead atoms. The second-order valence-corrected chi connectivity index (χ2v) is 3.09. The first-order valence-corrected chi connectivity index (χ1v) is 3.93. The van der Waals surface area contributed by atoms with Crippen LogP contribution in [0.5, 0.6) is 0 Å². The molecule has 0 aromatic carbocycles. The van der Waals surface area contributed by atoms with Gasteiger partial charge in [-0.25, -0.2) is 0 Å². The monoisotopic (exact) mass is 142 g/mol. The number of ether oxygens (including phenoxy) is 1. The van der Waals surface area contributed by atoms with Crippen LogP contribution in [0.3, 0.4) is 0 Å². The Morgan fingerprint density at radius 2 is 2.40 bits per heavy atom. The zero-order valence-electron chi connectivity index (χ0n) is 6.26. The summed E-state index contributed by atoms with van der Waals surface area (Å²) in [6, 6.07) is 0.583. The highest BCUT2D eigenvalue weighted by Crippen LogP contribution is 2.22. The highest BCUT2D eigenvalue weighted by atomic mass is 16.5. The van der Waals surface area contributed by atoms with Crippen molar-refractivity contribution in [1.29, 1.82) is 0 Å². The van der Waals surface area contributed by atoms with Gasteiger partial charge in [0, 0.05) is 19.1 Å². The standard InChI is InChI=1S/C7H14N2O/c1-8-6-2-5-3-9-4-7(6)10-5/h5-9H,2-4H2,1H3. The molecule has 58 valence electrons. The summed E-state index contributed by atoms with van der Waals surface area (Å²) in [6.45, 7) is 2.05. The van der Waals surface area contributed by atoms with Crippen LogP contribution in [-0.4, -0.2) is 38.4 Å². The lowest BCUT2D eigenvalue weighted by Gasteiger charge is -2.22. The van der Waals surface area contributed by atoms with Crippen LogP contribution >= 0.6 is 0 Å². The largest absolute Gasteiger partial charge is 0.371 e. The van der Waals surface area contributed by atoms with Crippen LogP contribution in [0, 0.1) is 0 Å². The molecule has 3 heteroatoms. The maximum absolute atomic E-state index is 5.68. The Balaban J connectivity index is 2.01. The van der Waals surface area contributed by atoms with E-state index in [1.54, 1.807) is 0 Å². The van der Waals surface area contributed by atoms with Crippen molar-refractivity contribution in [3.63, 3.8) is 0 Å². The maximum atomic E-state index is 5.68. The van der Waals surface area contributed by atoms with E-state index in [2.05, 4.69) is 10.6 Å². The van der Waals surface area contributed by atoms with Gasteiger partial charge in [0.25, 0.3) is 0 Å². The van der Waals surface area contributed by atoms with Crippen molar-refractivity contribution in [2.75, 3.05) is 20.1 Å². The zero-order valence-corrected chi connectivity index (χ0v) is 6.26. The maximum Gasteiger partial charge on any atom is 0.0857 e. The Kier molecular flexibility index (Phi) is 1.64. The van der Waals surface area contributed by atoms with Crippen LogP contribution in [0.2, 0.25) is 0 Å². The molecule has 3 atom stereocenters. The summed E-state index contributed by atoms with van der Waals surface area (Å²) in [5, 5.41) is 6.62. The normalized spacial score (nSPS) is 45.9. The molecule has 0 radical (unpaired) electrons. The van der Waals surface area contributed by atoms with E-state index in [0.717, 1.165) is 13.1 Å². The van der Waals surface area contributed by atoms with Crippen LogP contribution in [-0.2, 0) is 4.74 Å². The van der Waals surface area contributed by atoms with Gasteiger partial charge >= 0.3 is 0 Å². The molecule has 0 aliphatic carbocycles. The first kappa shape index (κ1) is 6.58. The van der Waals surface area contributed by atoms with E-state index in [0.29, 0.717) is 18.2 Å². The van der Waals surface area contributed by atoms with Crippen LogP contribution in [0.4, 0.5) is 0 Å². The van der Waals surface area contributed by atoms with Crippen LogP contribution in [0.15, 0.2) is 0 Å².